The van der Waals surface area contributed by atoms with Gasteiger partial charge in [-0.05, 0) is 19.3 Å². The summed E-state index contributed by atoms with van der Waals surface area (Å²) >= 11 is 1.54. The first-order valence-corrected chi connectivity index (χ1v) is 6.98. The molecule has 2 fully saturated rings. The maximum atomic E-state index is 5.63. The average molecular weight is 255 g/mol. The molecule has 1 saturated carbocycles. The van der Waals surface area contributed by atoms with Gasteiger partial charge in [0.05, 0.1) is 19.8 Å². The fourth-order valence-corrected chi connectivity index (χ4v) is 2.44. The van der Waals surface area contributed by atoms with Gasteiger partial charge in [-0.2, -0.15) is 0 Å². The number of hydrogen-bond donors (Lipinski definition) is 1. The molecule has 1 unspecified atom stereocenters. The van der Waals surface area contributed by atoms with Crippen molar-refractivity contribution in [3.8, 4) is 5.19 Å². The Labute approximate surface area is 105 Å². The van der Waals surface area contributed by atoms with Crippen LogP contribution in [0.25, 0.3) is 0 Å². The van der Waals surface area contributed by atoms with Gasteiger partial charge in [-0.25, -0.2) is 0 Å². The quantitative estimate of drug-likeness (QED) is 0.828. The third kappa shape index (κ3) is 3.37. The predicted octanol–water partition coefficient (Wildman–Crippen LogP) is 1.21. The lowest BCUT2D eigenvalue weighted by atomic mass is 10.1. The second-order valence-corrected chi connectivity index (χ2v) is 5.68. The summed E-state index contributed by atoms with van der Waals surface area (Å²) in [7, 11) is 0. The van der Waals surface area contributed by atoms with E-state index in [0.29, 0.717) is 23.8 Å². The van der Waals surface area contributed by atoms with Crippen molar-refractivity contribution in [2.45, 2.75) is 31.8 Å². The first kappa shape index (κ1) is 11.4. The maximum absolute atomic E-state index is 5.63. The normalized spacial score (nSPS) is 24.1. The fourth-order valence-electron chi connectivity index (χ4n) is 1.79. The molecule has 3 rings (SSSR count). The minimum atomic E-state index is 0.520. The van der Waals surface area contributed by atoms with E-state index in [4.69, 9.17) is 9.47 Å². The SMILES string of the molecule is C1CC(COc2nnc(CNC3CC3)s2)CO1. The molecule has 2 aliphatic rings. The number of nitrogens with zero attached hydrogens (tertiary/aromatic N) is 2. The van der Waals surface area contributed by atoms with Crippen LogP contribution >= 0.6 is 11.3 Å². The number of nitrogens with one attached hydrogen (secondary N) is 1. The topological polar surface area (TPSA) is 56.3 Å². The molecule has 1 aromatic rings. The minimum Gasteiger partial charge on any atom is -0.469 e. The van der Waals surface area contributed by atoms with Crippen molar-refractivity contribution in [1.29, 1.82) is 0 Å². The smallest absolute Gasteiger partial charge is 0.294 e. The van der Waals surface area contributed by atoms with Gasteiger partial charge in [0, 0.05) is 18.6 Å². The summed E-state index contributed by atoms with van der Waals surface area (Å²) in [5.41, 5.74) is 0. The van der Waals surface area contributed by atoms with E-state index < -0.39 is 0 Å². The van der Waals surface area contributed by atoms with Crippen molar-refractivity contribution in [3.05, 3.63) is 5.01 Å². The van der Waals surface area contributed by atoms with Crippen LogP contribution in [0.5, 0.6) is 5.19 Å². The second-order valence-electron chi connectivity index (χ2n) is 4.66. The van der Waals surface area contributed by atoms with Crippen LogP contribution in [0, 0.1) is 5.92 Å². The van der Waals surface area contributed by atoms with Gasteiger partial charge in [0.25, 0.3) is 5.19 Å². The number of hydrogen-bond acceptors (Lipinski definition) is 6. The third-order valence-corrected chi connectivity index (χ3v) is 3.87. The summed E-state index contributed by atoms with van der Waals surface area (Å²) in [6, 6.07) is 0.707. The van der Waals surface area contributed by atoms with Gasteiger partial charge in [0.15, 0.2) is 0 Å². The summed E-state index contributed by atoms with van der Waals surface area (Å²) in [5.74, 6) is 0.520. The van der Waals surface area contributed by atoms with Gasteiger partial charge in [-0.1, -0.05) is 11.3 Å². The van der Waals surface area contributed by atoms with Crippen LogP contribution in [0.4, 0.5) is 0 Å². The molecule has 0 bridgehead atoms. The van der Waals surface area contributed by atoms with E-state index in [1.807, 2.05) is 0 Å². The van der Waals surface area contributed by atoms with Crippen molar-refractivity contribution in [1.82, 2.24) is 15.5 Å². The highest BCUT2D eigenvalue weighted by Crippen LogP contribution is 2.23. The second kappa shape index (κ2) is 5.29. The molecule has 1 aliphatic carbocycles. The average Bonchev–Trinajstić information content (AvgIpc) is 2.86. The number of rotatable bonds is 6. The van der Waals surface area contributed by atoms with Crippen molar-refractivity contribution >= 4 is 11.3 Å². The highest BCUT2D eigenvalue weighted by atomic mass is 32.1. The molecule has 0 spiro atoms. The van der Waals surface area contributed by atoms with Crippen molar-refractivity contribution in [2.24, 2.45) is 5.92 Å². The molecule has 1 atom stereocenters. The maximum Gasteiger partial charge on any atom is 0.294 e. The minimum absolute atomic E-state index is 0.520. The van der Waals surface area contributed by atoms with E-state index in [1.54, 1.807) is 0 Å². The van der Waals surface area contributed by atoms with Gasteiger partial charge in [-0.3, -0.25) is 0 Å². The van der Waals surface area contributed by atoms with Gasteiger partial charge < -0.3 is 14.8 Å². The Morgan fingerprint density at radius 1 is 1.35 bits per heavy atom. The molecule has 17 heavy (non-hydrogen) atoms. The van der Waals surface area contributed by atoms with Crippen molar-refractivity contribution in [2.75, 3.05) is 19.8 Å². The Morgan fingerprint density at radius 3 is 3.06 bits per heavy atom. The Morgan fingerprint density at radius 2 is 2.29 bits per heavy atom. The van der Waals surface area contributed by atoms with Crippen LogP contribution in [0.1, 0.15) is 24.3 Å². The van der Waals surface area contributed by atoms with Crippen LogP contribution < -0.4 is 10.1 Å². The number of ether oxygens (including phenoxy) is 2. The van der Waals surface area contributed by atoms with Crippen LogP contribution in [0.15, 0.2) is 0 Å². The summed E-state index contributed by atoms with van der Waals surface area (Å²) in [6.45, 7) is 3.19. The molecule has 1 aromatic heterocycles. The monoisotopic (exact) mass is 255 g/mol. The zero-order valence-corrected chi connectivity index (χ0v) is 10.5. The van der Waals surface area contributed by atoms with E-state index in [1.165, 1.54) is 24.2 Å². The van der Waals surface area contributed by atoms with Gasteiger partial charge in [0.2, 0.25) is 0 Å². The molecular weight excluding hydrogens is 238 g/mol. The third-order valence-electron chi connectivity index (χ3n) is 3.03. The summed E-state index contributed by atoms with van der Waals surface area (Å²) in [4.78, 5) is 0. The van der Waals surface area contributed by atoms with E-state index in [9.17, 15) is 0 Å². The highest BCUT2D eigenvalue weighted by Gasteiger charge is 2.21. The summed E-state index contributed by atoms with van der Waals surface area (Å²) < 4.78 is 10.9. The molecule has 6 heteroatoms. The Hall–Kier alpha value is -0.720. The number of aromatic nitrogens is 2. The molecule has 1 N–H and O–H groups in total. The zero-order chi connectivity index (χ0) is 11.5. The predicted molar refractivity (Wildman–Crippen MR) is 64.2 cm³/mol. The molecule has 0 aromatic carbocycles. The van der Waals surface area contributed by atoms with Gasteiger partial charge in [0.1, 0.15) is 5.01 Å². The molecule has 1 saturated heterocycles. The molecule has 2 heterocycles. The van der Waals surface area contributed by atoms with E-state index in [2.05, 4.69) is 15.5 Å². The molecule has 94 valence electrons. The molecule has 5 nitrogen and oxygen atoms in total. The molecule has 0 radical (unpaired) electrons. The summed E-state index contributed by atoms with van der Waals surface area (Å²) in [5, 5.41) is 13.3. The first-order valence-electron chi connectivity index (χ1n) is 6.16. The molecule has 0 amide bonds. The molecule has 1 aliphatic heterocycles. The Balaban J connectivity index is 1.42. The van der Waals surface area contributed by atoms with Gasteiger partial charge in [-0.15, -0.1) is 10.2 Å². The Bertz CT molecular complexity index is 361. The van der Waals surface area contributed by atoms with E-state index >= 15 is 0 Å². The van der Waals surface area contributed by atoms with E-state index in [-0.39, 0.29) is 0 Å². The van der Waals surface area contributed by atoms with E-state index in [0.717, 1.165) is 31.2 Å². The van der Waals surface area contributed by atoms with Crippen LogP contribution in [-0.2, 0) is 11.3 Å². The standard InChI is InChI=1S/C11H17N3O2S/c1-2-9(1)12-5-10-13-14-11(17-10)16-7-8-3-4-15-6-8/h8-9,12H,1-7H2. The lowest BCUT2D eigenvalue weighted by Crippen LogP contribution is -2.14. The van der Waals surface area contributed by atoms with Crippen molar-refractivity contribution < 1.29 is 9.47 Å². The molecular formula is C11H17N3O2S. The van der Waals surface area contributed by atoms with Crippen LogP contribution in [-0.4, -0.2) is 36.1 Å². The largest absolute Gasteiger partial charge is 0.469 e. The van der Waals surface area contributed by atoms with Crippen LogP contribution in [0.3, 0.4) is 0 Å². The summed E-state index contributed by atoms with van der Waals surface area (Å²) in [6.07, 6.45) is 3.68. The Kier molecular flexibility index (Phi) is 3.54. The zero-order valence-electron chi connectivity index (χ0n) is 9.72. The fraction of sp³-hybridized carbons (Fsp3) is 0.818. The van der Waals surface area contributed by atoms with Gasteiger partial charge >= 0.3 is 0 Å². The lowest BCUT2D eigenvalue weighted by molar-refractivity contribution is 0.166. The lowest BCUT2D eigenvalue weighted by Gasteiger charge is -2.06. The highest BCUT2D eigenvalue weighted by molar-refractivity contribution is 7.13. The first-order chi connectivity index (χ1) is 8.40. The van der Waals surface area contributed by atoms with Crippen molar-refractivity contribution in [3.63, 3.8) is 0 Å². The van der Waals surface area contributed by atoms with Crippen LogP contribution in [0.2, 0.25) is 0 Å².